The number of furan rings is 1. The van der Waals surface area contributed by atoms with Crippen LogP contribution < -0.4 is 10.5 Å². The minimum Gasteiger partial charge on any atom is -0.464 e. The maximum absolute atomic E-state index is 10.5. The van der Waals surface area contributed by atoms with Crippen molar-refractivity contribution in [2.45, 2.75) is 47.1 Å². The van der Waals surface area contributed by atoms with Crippen molar-refractivity contribution in [2.75, 3.05) is 39.0 Å². The molecule has 0 radical (unpaired) electrons. The Kier molecular flexibility index (Phi) is 18.7. The Morgan fingerprint density at radius 1 is 1.06 bits per heavy atom. The minimum atomic E-state index is 0.384. The molecule has 1 aromatic heterocycles. The third-order valence-electron chi connectivity index (χ3n) is 4.74. The predicted molar refractivity (Wildman–Crippen MR) is 147 cm³/mol. The first kappa shape index (κ1) is 33.1. The van der Waals surface area contributed by atoms with E-state index in [1.807, 2.05) is 61.3 Å². The summed E-state index contributed by atoms with van der Waals surface area (Å²) in [6.07, 6.45) is 3.47. The topological polar surface area (TPSA) is 98.4 Å². The number of benzene rings is 2. The van der Waals surface area contributed by atoms with E-state index >= 15 is 0 Å². The zero-order valence-electron chi connectivity index (χ0n) is 22.8. The molecular weight excluding hydrogens is 458 g/mol. The number of fused-ring (bicyclic) bond motifs is 1. The van der Waals surface area contributed by atoms with Crippen molar-refractivity contribution in [3.63, 3.8) is 0 Å². The minimum absolute atomic E-state index is 0.384. The van der Waals surface area contributed by atoms with Crippen LogP contribution in [0, 0.1) is 12.8 Å². The number of amides is 1. The van der Waals surface area contributed by atoms with Crippen LogP contribution in [0.3, 0.4) is 0 Å². The van der Waals surface area contributed by atoms with Crippen LogP contribution in [0.25, 0.3) is 11.0 Å². The van der Waals surface area contributed by atoms with Crippen LogP contribution in [-0.4, -0.2) is 61.7 Å². The summed E-state index contributed by atoms with van der Waals surface area (Å²) in [7, 11) is 2.70. The molecule has 0 aliphatic rings. The molecule has 0 atom stereocenters. The number of nitrogens with zero attached hydrogens (tertiary/aromatic N) is 2. The van der Waals surface area contributed by atoms with Gasteiger partial charge in [-0.3, -0.25) is 10.0 Å². The Bertz CT molecular complexity index is 916. The standard InChI is InChI=1S/C16H23N3O3.C7H8.C4H10O.CH4O/c1-13(2)11-18(8-3-7-17-12-20)19(21)15-4-5-16-14(10-15)6-9-22-16;1-7-5-3-2-4-6-7;1-4(2)5-3;1-2/h4-6,9-10,12-13,21H,3,7-8,11H2,1-2H3,(H,17,20);2-6H,1H3;4H,1-3H3;2H,1H3. The Morgan fingerprint density at radius 3 is 2.19 bits per heavy atom. The number of hydrazine groups is 1. The van der Waals surface area contributed by atoms with Gasteiger partial charge in [0.05, 0.1) is 18.1 Å². The number of nitrogens with one attached hydrogen (secondary N) is 1. The van der Waals surface area contributed by atoms with Gasteiger partial charge in [0.1, 0.15) is 5.58 Å². The van der Waals surface area contributed by atoms with E-state index < -0.39 is 0 Å². The lowest BCUT2D eigenvalue weighted by Gasteiger charge is -2.32. The number of rotatable bonds is 10. The molecule has 0 saturated heterocycles. The number of carbonyl (C=O) groups excluding carboxylic acids is 1. The maximum Gasteiger partial charge on any atom is 0.207 e. The molecule has 1 amide bonds. The number of ether oxygens (including phenoxy) is 1. The number of carbonyl (C=O) groups is 1. The number of aliphatic hydroxyl groups excluding tert-OH is 1. The molecule has 3 aromatic rings. The molecule has 1 heterocycles. The van der Waals surface area contributed by atoms with Crippen LogP contribution in [0.5, 0.6) is 0 Å². The van der Waals surface area contributed by atoms with Crippen LogP contribution in [0.1, 0.15) is 39.7 Å². The van der Waals surface area contributed by atoms with E-state index in [0.717, 1.165) is 31.0 Å². The average molecular weight is 504 g/mol. The second kappa shape index (κ2) is 20.3. The van der Waals surface area contributed by atoms with Crippen LogP contribution in [0.15, 0.2) is 65.3 Å². The zero-order valence-corrected chi connectivity index (χ0v) is 22.8. The first-order chi connectivity index (χ1) is 17.3. The van der Waals surface area contributed by atoms with Gasteiger partial charge in [-0.1, -0.05) is 49.7 Å². The van der Waals surface area contributed by atoms with Gasteiger partial charge in [0, 0.05) is 39.2 Å². The van der Waals surface area contributed by atoms with Gasteiger partial charge in [0.15, 0.2) is 0 Å². The molecule has 202 valence electrons. The second-order valence-electron chi connectivity index (χ2n) is 8.60. The first-order valence-corrected chi connectivity index (χ1v) is 12.2. The third kappa shape index (κ3) is 14.5. The molecular formula is C28H45N3O5. The fraction of sp³-hybridized carbons (Fsp3) is 0.464. The van der Waals surface area contributed by atoms with E-state index in [4.69, 9.17) is 14.3 Å². The van der Waals surface area contributed by atoms with Gasteiger partial charge in [-0.15, -0.1) is 0 Å². The fourth-order valence-electron chi connectivity index (χ4n) is 2.88. The van der Waals surface area contributed by atoms with Crippen molar-refractivity contribution in [2.24, 2.45) is 5.92 Å². The van der Waals surface area contributed by atoms with E-state index in [2.05, 4.69) is 38.2 Å². The van der Waals surface area contributed by atoms with E-state index in [0.29, 0.717) is 37.2 Å². The first-order valence-electron chi connectivity index (χ1n) is 12.2. The van der Waals surface area contributed by atoms with Gasteiger partial charge in [-0.05, 0) is 57.4 Å². The van der Waals surface area contributed by atoms with Crippen molar-refractivity contribution in [1.82, 2.24) is 10.3 Å². The van der Waals surface area contributed by atoms with E-state index in [9.17, 15) is 10.0 Å². The van der Waals surface area contributed by atoms with Gasteiger partial charge < -0.3 is 19.6 Å². The predicted octanol–water partition coefficient (Wildman–Crippen LogP) is 5.28. The smallest absolute Gasteiger partial charge is 0.207 e. The molecule has 36 heavy (non-hydrogen) atoms. The highest BCUT2D eigenvalue weighted by molar-refractivity contribution is 5.80. The summed E-state index contributed by atoms with van der Waals surface area (Å²) >= 11 is 0. The number of aliphatic hydroxyl groups is 1. The molecule has 0 fully saturated rings. The van der Waals surface area contributed by atoms with Crippen LogP contribution in [-0.2, 0) is 9.53 Å². The molecule has 0 spiro atoms. The molecule has 8 heteroatoms. The Hall–Kier alpha value is -2.91. The van der Waals surface area contributed by atoms with Gasteiger partial charge in [0.25, 0.3) is 0 Å². The lowest BCUT2D eigenvalue weighted by molar-refractivity contribution is -0.109. The van der Waals surface area contributed by atoms with E-state index in [1.165, 1.54) is 10.7 Å². The lowest BCUT2D eigenvalue weighted by atomic mass is 10.2. The monoisotopic (exact) mass is 503 g/mol. The molecule has 2 aromatic carbocycles. The van der Waals surface area contributed by atoms with Crippen LogP contribution >= 0.6 is 0 Å². The molecule has 3 rings (SSSR count). The quantitative estimate of drug-likeness (QED) is 0.197. The lowest BCUT2D eigenvalue weighted by Crippen LogP contribution is -2.44. The fourth-order valence-corrected chi connectivity index (χ4v) is 2.88. The highest BCUT2D eigenvalue weighted by Gasteiger charge is 2.16. The average Bonchev–Trinajstić information content (AvgIpc) is 3.36. The highest BCUT2D eigenvalue weighted by Crippen LogP contribution is 2.23. The third-order valence-corrected chi connectivity index (χ3v) is 4.74. The summed E-state index contributed by atoms with van der Waals surface area (Å²) in [5.41, 5.74) is 2.81. The highest BCUT2D eigenvalue weighted by atomic mass is 16.5. The van der Waals surface area contributed by atoms with Crippen LogP contribution in [0.4, 0.5) is 5.69 Å². The Balaban J connectivity index is 0.000000715. The Labute approximate surface area is 216 Å². The summed E-state index contributed by atoms with van der Waals surface area (Å²) in [6.45, 7) is 12.3. The summed E-state index contributed by atoms with van der Waals surface area (Å²) in [5.74, 6) is 0.409. The SMILES string of the molecule is CC(C)CN(CCCNC=O)N(O)c1ccc2occc2c1.CO.COC(C)C.Cc1ccccc1. The molecule has 0 bridgehead atoms. The number of hydrogen-bond acceptors (Lipinski definition) is 7. The van der Waals surface area contributed by atoms with Crippen molar-refractivity contribution in [1.29, 1.82) is 0 Å². The summed E-state index contributed by atoms with van der Waals surface area (Å²) in [4.78, 5) is 10.3. The normalized spacial score (nSPS) is 10.1. The van der Waals surface area contributed by atoms with Crippen molar-refractivity contribution in [3.8, 4) is 0 Å². The molecule has 0 aliphatic heterocycles. The second-order valence-corrected chi connectivity index (χ2v) is 8.60. The van der Waals surface area contributed by atoms with Gasteiger partial charge in [-0.2, -0.15) is 10.2 Å². The van der Waals surface area contributed by atoms with Crippen molar-refractivity contribution in [3.05, 3.63) is 66.4 Å². The Morgan fingerprint density at radius 2 is 1.69 bits per heavy atom. The van der Waals surface area contributed by atoms with Gasteiger partial charge >= 0.3 is 0 Å². The number of methoxy groups -OCH3 is 1. The number of anilines is 1. The maximum atomic E-state index is 10.5. The summed E-state index contributed by atoms with van der Waals surface area (Å²) in [6, 6.07) is 17.7. The summed E-state index contributed by atoms with van der Waals surface area (Å²) in [5, 5.41) is 24.2. The number of hydrogen-bond donors (Lipinski definition) is 3. The zero-order chi connectivity index (χ0) is 27.3. The number of aryl methyl sites for hydroxylation is 1. The van der Waals surface area contributed by atoms with Gasteiger partial charge in [-0.25, -0.2) is 0 Å². The summed E-state index contributed by atoms with van der Waals surface area (Å²) < 4.78 is 10.1. The molecule has 0 aliphatic carbocycles. The van der Waals surface area contributed by atoms with Crippen molar-refractivity contribution < 1.29 is 24.3 Å². The molecule has 0 saturated carbocycles. The molecule has 3 N–H and O–H groups in total. The van der Waals surface area contributed by atoms with Gasteiger partial charge in [0.2, 0.25) is 6.41 Å². The molecule has 8 nitrogen and oxygen atoms in total. The largest absolute Gasteiger partial charge is 0.464 e. The van der Waals surface area contributed by atoms with E-state index in [1.54, 1.807) is 13.4 Å². The molecule has 0 unspecified atom stereocenters. The van der Waals surface area contributed by atoms with Crippen molar-refractivity contribution >= 4 is 23.1 Å². The van der Waals surface area contributed by atoms with Crippen LogP contribution in [0.2, 0.25) is 0 Å². The van der Waals surface area contributed by atoms with E-state index in [-0.39, 0.29) is 0 Å².